The van der Waals surface area contributed by atoms with Crippen LogP contribution in [0.4, 0.5) is 5.82 Å². The minimum Gasteiger partial charge on any atom is -0.374 e. The van der Waals surface area contributed by atoms with Gasteiger partial charge in [0.15, 0.2) is 5.82 Å². The van der Waals surface area contributed by atoms with Crippen LogP contribution in [0.3, 0.4) is 0 Å². The highest BCUT2D eigenvalue weighted by molar-refractivity contribution is 5.98. The van der Waals surface area contributed by atoms with E-state index in [9.17, 15) is 14.4 Å². The number of imidazole rings is 1. The molecule has 2 aromatic carbocycles. The molecule has 218 valence electrons. The van der Waals surface area contributed by atoms with E-state index >= 15 is 0 Å². The number of anilines is 1. The molecule has 0 saturated carbocycles. The van der Waals surface area contributed by atoms with E-state index in [1.165, 1.54) is 11.9 Å². The van der Waals surface area contributed by atoms with Crippen LogP contribution in [0.5, 0.6) is 0 Å². The number of nitrogens with zero attached hydrogens (tertiary/aromatic N) is 3. The Hall–Kier alpha value is -4.02. The first kappa shape index (κ1) is 30.0. The Kier molecular flexibility index (Phi) is 10.3. The molecule has 4 N–H and O–H groups in total. The molecule has 0 radical (unpaired) electrons. The van der Waals surface area contributed by atoms with Crippen molar-refractivity contribution in [1.29, 1.82) is 0 Å². The standard InChI is InChI=1S/C31H40N6O4/c1-31(2,32)30(40)34-26(21-41-20-25-11-7-4-8-12-25)29(39)35-27-18-36(22-33-27)19-28(38)37-15-13-24(14-16-37)17-23-9-5-3-6-10-23/h3-12,18,22,24,26H,13-17,19-21,32H2,1-2H3,(H,34,40)(H,35,39). The third-order valence-electron chi connectivity index (χ3n) is 7.14. The molecule has 3 aromatic rings. The Morgan fingerprint density at radius 1 is 1.02 bits per heavy atom. The van der Waals surface area contributed by atoms with Gasteiger partial charge in [-0.05, 0) is 50.2 Å². The number of hydrogen-bond donors (Lipinski definition) is 3. The number of rotatable bonds is 12. The van der Waals surface area contributed by atoms with Crippen molar-refractivity contribution < 1.29 is 19.1 Å². The second-order valence-electron chi connectivity index (χ2n) is 11.2. The second kappa shape index (κ2) is 14.0. The van der Waals surface area contributed by atoms with Crippen molar-refractivity contribution in [1.82, 2.24) is 19.8 Å². The van der Waals surface area contributed by atoms with Gasteiger partial charge in [0, 0.05) is 19.3 Å². The third-order valence-corrected chi connectivity index (χ3v) is 7.14. The number of ether oxygens (including phenoxy) is 1. The number of amides is 3. The van der Waals surface area contributed by atoms with Crippen LogP contribution in [0, 0.1) is 5.92 Å². The van der Waals surface area contributed by atoms with E-state index in [2.05, 4.69) is 39.9 Å². The molecule has 1 aliphatic heterocycles. The largest absolute Gasteiger partial charge is 0.374 e. The van der Waals surface area contributed by atoms with E-state index in [0.717, 1.165) is 37.9 Å². The van der Waals surface area contributed by atoms with E-state index in [4.69, 9.17) is 10.5 Å². The molecule has 10 heteroatoms. The van der Waals surface area contributed by atoms with E-state index < -0.39 is 23.4 Å². The lowest BCUT2D eigenvalue weighted by Crippen LogP contribution is -2.56. The predicted octanol–water partition coefficient (Wildman–Crippen LogP) is 2.74. The molecule has 3 amide bonds. The maximum Gasteiger partial charge on any atom is 0.250 e. The molecule has 0 spiro atoms. The Labute approximate surface area is 241 Å². The Morgan fingerprint density at radius 3 is 2.29 bits per heavy atom. The van der Waals surface area contributed by atoms with Gasteiger partial charge in [0.05, 0.1) is 25.1 Å². The zero-order valence-electron chi connectivity index (χ0n) is 23.8. The Bertz CT molecular complexity index is 1280. The van der Waals surface area contributed by atoms with Crippen molar-refractivity contribution in [3.05, 3.63) is 84.3 Å². The fourth-order valence-electron chi connectivity index (χ4n) is 4.71. The number of nitrogens with two attached hydrogens (primary N) is 1. The summed E-state index contributed by atoms with van der Waals surface area (Å²) in [6, 6.07) is 19.0. The average Bonchev–Trinajstić information content (AvgIpc) is 3.39. The average molecular weight is 561 g/mol. The van der Waals surface area contributed by atoms with Gasteiger partial charge in [0.1, 0.15) is 12.6 Å². The lowest BCUT2D eigenvalue weighted by Gasteiger charge is -2.32. The van der Waals surface area contributed by atoms with Crippen LogP contribution in [-0.4, -0.2) is 63.4 Å². The van der Waals surface area contributed by atoms with E-state index in [1.54, 1.807) is 24.6 Å². The first-order chi connectivity index (χ1) is 19.7. The van der Waals surface area contributed by atoms with Crippen molar-refractivity contribution in [2.75, 3.05) is 25.0 Å². The van der Waals surface area contributed by atoms with Gasteiger partial charge in [-0.2, -0.15) is 0 Å². The predicted molar refractivity (Wildman–Crippen MR) is 157 cm³/mol. The zero-order valence-corrected chi connectivity index (χ0v) is 23.8. The van der Waals surface area contributed by atoms with E-state index in [-0.39, 0.29) is 31.5 Å². The second-order valence-corrected chi connectivity index (χ2v) is 11.2. The SMILES string of the molecule is CC(C)(N)C(=O)NC(COCc1ccccc1)C(=O)Nc1cn(CC(=O)N2CCC(Cc3ccccc3)CC2)cn1. The molecular formula is C31H40N6O4. The van der Waals surface area contributed by atoms with Crippen LogP contribution in [0.15, 0.2) is 73.2 Å². The molecule has 1 aromatic heterocycles. The number of piperidine rings is 1. The topological polar surface area (TPSA) is 132 Å². The number of nitrogens with one attached hydrogen (secondary N) is 2. The molecule has 1 atom stereocenters. The summed E-state index contributed by atoms with van der Waals surface area (Å²) in [7, 11) is 0. The summed E-state index contributed by atoms with van der Waals surface area (Å²) in [5.41, 5.74) is 7.03. The lowest BCUT2D eigenvalue weighted by molar-refractivity contribution is -0.133. The molecular weight excluding hydrogens is 520 g/mol. The van der Waals surface area contributed by atoms with Gasteiger partial charge in [-0.3, -0.25) is 14.4 Å². The molecule has 1 fully saturated rings. The minimum absolute atomic E-state index is 0.0167. The monoisotopic (exact) mass is 560 g/mol. The summed E-state index contributed by atoms with van der Waals surface area (Å²) in [6.45, 7) is 4.95. The zero-order chi connectivity index (χ0) is 29.2. The van der Waals surface area contributed by atoms with Gasteiger partial charge in [0.25, 0.3) is 5.91 Å². The molecule has 0 aliphatic carbocycles. The number of carbonyl (C=O) groups excluding carboxylic acids is 3. The van der Waals surface area contributed by atoms with Crippen LogP contribution < -0.4 is 16.4 Å². The van der Waals surface area contributed by atoms with Gasteiger partial charge in [-0.25, -0.2) is 4.98 Å². The fraction of sp³-hybridized carbons (Fsp3) is 0.419. The normalized spacial score (nSPS) is 14.9. The number of likely N-dealkylation sites (tertiary alicyclic amines) is 1. The third kappa shape index (κ3) is 9.26. The number of carbonyl (C=O) groups is 3. The van der Waals surface area contributed by atoms with Crippen LogP contribution in [0.2, 0.25) is 0 Å². The van der Waals surface area contributed by atoms with Crippen molar-refractivity contribution >= 4 is 23.5 Å². The molecule has 0 bridgehead atoms. The molecule has 1 aliphatic rings. The molecule has 4 rings (SSSR count). The van der Waals surface area contributed by atoms with E-state index in [0.29, 0.717) is 5.92 Å². The molecule has 1 saturated heterocycles. The van der Waals surface area contributed by atoms with Crippen molar-refractivity contribution in [2.24, 2.45) is 11.7 Å². The van der Waals surface area contributed by atoms with Gasteiger partial charge in [-0.1, -0.05) is 60.7 Å². The van der Waals surface area contributed by atoms with Crippen molar-refractivity contribution in [2.45, 2.75) is 57.8 Å². The number of aromatic nitrogens is 2. The van der Waals surface area contributed by atoms with Gasteiger partial charge in [0.2, 0.25) is 11.8 Å². The molecule has 1 unspecified atom stereocenters. The van der Waals surface area contributed by atoms with E-state index in [1.807, 2.05) is 41.3 Å². The maximum atomic E-state index is 13.1. The first-order valence-corrected chi connectivity index (χ1v) is 14.0. The summed E-state index contributed by atoms with van der Waals surface area (Å²) in [5.74, 6) is -0.106. The van der Waals surface area contributed by atoms with Gasteiger partial charge < -0.3 is 30.6 Å². The van der Waals surface area contributed by atoms with Crippen LogP contribution in [0.25, 0.3) is 0 Å². The summed E-state index contributed by atoms with van der Waals surface area (Å²) in [6.07, 6.45) is 6.11. The minimum atomic E-state index is -1.17. The van der Waals surface area contributed by atoms with Gasteiger partial charge in [-0.15, -0.1) is 0 Å². The summed E-state index contributed by atoms with van der Waals surface area (Å²) in [4.78, 5) is 44.7. The number of hydrogen-bond acceptors (Lipinski definition) is 6. The Balaban J connectivity index is 1.27. The van der Waals surface area contributed by atoms with Gasteiger partial charge >= 0.3 is 0 Å². The highest BCUT2D eigenvalue weighted by atomic mass is 16.5. The maximum absolute atomic E-state index is 13.1. The summed E-state index contributed by atoms with van der Waals surface area (Å²) in [5, 5.41) is 5.39. The van der Waals surface area contributed by atoms with Crippen LogP contribution in [0.1, 0.15) is 37.8 Å². The van der Waals surface area contributed by atoms with Crippen molar-refractivity contribution in [3.63, 3.8) is 0 Å². The highest BCUT2D eigenvalue weighted by Gasteiger charge is 2.29. The number of benzene rings is 2. The molecule has 10 nitrogen and oxygen atoms in total. The van der Waals surface area contributed by atoms with Crippen molar-refractivity contribution in [3.8, 4) is 0 Å². The summed E-state index contributed by atoms with van der Waals surface area (Å²) >= 11 is 0. The molecule has 2 heterocycles. The van der Waals surface area contributed by atoms with Crippen LogP contribution in [-0.2, 0) is 38.7 Å². The van der Waals surface area contributed by atoms with Crippen LogP contribution >= 0.6 is 0 Å². The summed E-state index contributed by atoms with van der Waals surface area (Å²) < 4.78 is 7.38. The highest BCUT2D eigenvalue weighted by Crippen LogP contribution is 2.22. The molecule has 41 heavy (non-hydrogen) atoms. The smallest absolute Gasteiger partial charge is 0.250 e. The first-order valence-electron chi connectivity index (χ1n) is 14.0. The Morgan fingerprint density at radius 2 is 1.66 bits per heavy atom. The lowest BCUT2D eigenvalue weighted by atomic mass is 9.90. The fourth-order valence-corrected chi connectivity index (χ4v) is 4.71. The quantitative estimate of drug-likeness (QED) is 0.312.